The second-order valence-corrected chi connectivity index (χ2v) is 4.34. The molecule has 0 aliphatic rings. The lowest BCUT2D eigenvalue weighted by Gasteiger charge is -2.17. The molecule has 1 radical (unpaired) electrons. The molecule has 0 unspecified atom stereocenters. The summed E-state index contributed by atoms with van der Waals surface area (Å²) in [7, 11) is 0. The Hall–Kier alpha value is -1.89. The average molecular weight is 236 g/mol. The van der Waals surface area contributed by atoms with Crippen molar-refractivity contribution in [3.8, 4) is 0 Å². The van der Waals surface area contributed by atoms with Gasteiger partial charge in [-0.25, -0.2) is 0 Å². The van der Waals surface area contributed by atoms with Gasteiger partial charge in [-0.05, 0) is 24.0 Å². The molecule has 18 heavy (non-hydrogen) atoms. The number of hydrogen-bond donors (Lipinski definition) is 1. The summed E-state index contributed by atoms with van der Waals surface area (Å²) in [6.45, 7) is 2.04. The number of hydrogen-bond acceptors (Lipinski definition) is 1. The summed E-state index contributed by atoms with van der Waals surface area (Å²) in [5.41, 5.74) is 3.20. The van der Waals surface area contributed by atoms with Crippen LogP contribution in [0.25, 0.3) is 0 Å². The zero-order chi connectivity index (χ0) is 12.8. The van der Waals surface area contributed by atoms with E-state index in [9.17, 15) is 0 Å². The first kappa shape index (κ1) is 12.6. The van der Waals surface area contributed by atoms with Gasteiger partial charge in [-0.2, -0.15) is 0 Å². The molecule has 0 bridgehead atoms. The molecule has 1 nitrogen and oxygen atoms in total. The maximum absolute atomic E-state index is 7.95. The van der Waals surface area contributed by atoms with Crippen molar-refractivity contribution in [2.45, 2.75) is 19.8 Å². The summed E-state index contributed by atoms with van der Waals surface area (Å²) in [4.78, 5) is 0. The third-order valence-electron chi connectivity index (χ3n) is 3.06. The Morgan fingerprint density at radius 2 is 1.28 bits per heavy atom. The molecular formula is C17H18N. The topological polar surface area (TPSA) is 23.9 Å². The van der Waals surface area contributed by atoms with Crippen molar-refractivity contribution >= 4 is 5.71 Å². The van der Waals surface area contributed by atoms with E-state index in [1.54, 1.807) is 0 Å². The smallest absolute Gasteiger partial charge is 0.0395 e. The van der Waals surface area contributed by atoms with Crippen molar-refractivity contribution in [1.82, 2.24) is 0 Å². The normalized spacial score (nSPS) is 10.6. The van der Waals surface area contributed by atoms with E-state index in [1.165, 1.54) is 17.0 Å². The Kier molecular flexibility index (Phi) is 4.30. The maximum Gasteiger partial charge on any atom is 0.0395 e. The molecule has 2 aromatic rings. The fourth-order valence-corrected chi connectivity index (χ4v) is 1.99. The SMILES string of the molecule is CCC(=N)C[C](c1ccccc1)c1ccccc1. The van der Waals surface area contributed by atoms with Gasteiger partial charge in [0.05, 0.1) is 0 Å². The molecule has 91 valence electrons. The highest BCUT2D eigenvalue weighted by atomic mass is 14.4. The van der Waals surface area contributed by atoms with Gasteiger partial charge >= 0.3 is 0 Å². The number of benzene rings is 2. The molecular weight excluding hydrogens is 218 g/mol. The molecule has 2 aromatic carbocycles. The van der Waals surface area contributed by atoms with Crippen LogP contribution in [0.1, 0.15) is 30.9 Å². The van der Waals surface area contributed by atoms with Crippen molar-refractivity contribution < 1.29 is 0 Å². The minimum atomic E-state index is 0.727. The fourth-order valence-electron chi connectivity index (χ4n) is 1.99. The average Bonchev–Trinajstić information content (AvgIpc) is 2.46. The maximum atomic E-state index is 7.95. The van der Waals surface area contributed by atoms with Crippen LogP contribution in [0.5, 0.6) is 0 Å². The van der Waals surface area contributed by atoms with Crippen LogP contribution in [-0.4, -0.2) is 5.71 Å². The van der Waals surface area contributed by atoms with Crippen LogP contribution < -0.4 is 0 Å². The quantitative estimate of drug-likeness (QED) is 0.740. The predicted octanol–water partition coefficient (Wildman–Crippen LogP) is 4.48. The minimum Gasteiger partial charge on any atom is -0.310 e. The summed E-state index contributed by atoms with van der Waals surface area (Å²) in [6, 6.07) is 20.7. The fraction of sp³-hybridized carbons (Fsp3) is 0.176. The van der Waals surface area contributed by atoms with Gasteiger partial charge in [-0.3, -0.25) is 0 Å². The predicted molar refractivity (Wildman–Crippen MR) is 77.0 cm³/mol. The van der Waals surface area contributed by atoms with Crippen LogP contribution in [0, 0.1) is 11.3 Å². The van der Waals surface area contributed by atoms with Crippen molar-refractivity contribution in [3.05, 3.63) is 77.7 Å². The lowest BCUT2D eigenvalue weighted by Crippen LogP contribution is -2.08. The lowest BCUT2D eigenvalue weighted by molar-refractivity contribution is 1.05. The van der Waals surface area contributed by atoms with Gasteiger partial charge in [-0.15, -0.1) is 0 Å². The molecule has 0 heterocycles. The summed E-state index contributed by atoms with van der Waals surface area (Å²) in [5, 5.41) is 7.95. The molecule has 0 saturated carbocycles. The summed E-state index contributed by atoms with van der Waals surface area (Å²) in [5.74, 6) is 1.24. The zero-order valence-corrected chi connectivity index (χ0v) is 10.7. The highest BCUT2D eigenvalue weighted by molar-refractivity contribution is 5.84. The highest BCUT2D eigenvalue weighted by Gasteiger charge is 2.15. The number of rotatable bonds is 5. The first-order chi connectivity index (χ1) is 8.81. The molecule has 0 saturated heterocycles. The molecule has 0 aromatic heterocycles. The largest absolute Gasteiger partial charge is 0.310 e. The van der Waals surface area contributed by atoms with Gasteiger partial charge in [0.15, 0.2) is 0 Å². The Bertz CT molecular complexity index is 448. The Morgan fingerprint density at radius 3 is 1.67 bits per heavy atom. The van der Waals surface area contributed by atoms with Crippen LogP contribution in [-0.2, 0) is 0 Å². The standard InChI is InChI=1S/C17H18N/c1-2-16(18)13-17(14-9-5-3-6-10-14)15-11-7-4-8-12-15/h3-12,18H,2,13H2,1H3. The van der Waals surface area contributed by atoms with Crippen molar-refractivity contribution in [1.29, 1.82) is 5.41 Å². The first-order valence-corrected chi connectivity index (χ1v) is 6.34. The molecule has 0 spiro atoms. The van der Waals surface area contributed by atoms with Crippen LogP contribution in [0.4, 0.5) is 0 Å². The van der Waals surface area contributed by atoms with Gasteiger partial charge in [-0.1, -0.05) is 67.6 Å². The Balaban J connectivity index is 2.32. The van der Waals surface area contributed by atoms with E-state index >= 15 is 0 Å². The molecule has 1 N–H and O–H groups in total. The summed E-state index contributed by atoms with van der Waals surface area (Å²) < 4.78 is 0. The second-order valence-electron chi connectivity index (χ2n) is 4.34. The van der Waals surface area contributed by atoms with Crippen molar-refractivity contribution in [2.75, 3.05) is 0 Å². The molecule has 0 amide bonds. The summed E-state index contributed by atoms with van der Waals surface area (Å²) in [6.07, 6.45) is 1.54. The molecule has 0 aliphatic heterocycles. The monoisotopic (exact) mass is 236 g/mol. The van der Waals surface area contributed by atoms with Gasteiger partial charge < -0.3 is 5.41 Å². The van der Waals surface area contributed by atoms with Gasteiger partial charge in [0, 0.05) is 11.6 Å². The van der Waals surface area contributed by atoms with E-state index in [0.717, 1.165) is 18.6 Å². The molecule has 0 atom stereocenters. The van der Waals surface area contributed by atoms with E-state index in [0.29, 0.717) is 0 Å². The van der Waals surface area contributed by atoms with Gasteiger partial charge in [0.1, 0.15) is 0 Å². The van der Waals surface area contributed by atoms with Crippen LogP contribution >= 0.6 is 0 Å². The van der Waals surface area contributed by atoms with Gasteiger partial charge in [0.2, 0.25) is 0 Å². The zero-order valence-electron chi connectivity index (χ0n) is 10.7. The van der Waals surface area contributed by atoms with Crippen LogP contribution in [0.3, 0.4) is 0 Å². The molecule has 1 heteroatoms. The van der Waals surface area contributed by atoms with Crippen molar-refractivity contribution in [2.24, 2.45) is 0 Å². The van der Waals surface area contributed by atoms with E-state index in [-0.39, 0.29) is 0 Å². The van der Waals surface area contributed by atoms with Crippen LogP contribution in [0.2, 0.25) is 0 Å². The minimum absolute atomic E-state index is 0.727. The molecule has 2 rings (SSSR count). The van der Waals surface area contributed by atoms with Crippen LogP contribution in [0.15, 0.2) is 60.7 Å². The van der Waals surface area contributed by atoms with E-state index in [1.807, 2.05) is 43.3 Å². The first-order valence-electron chi connectivity index (χ1n) is 6.34. The van der Waals surface area contributed by atoms with E-state index in [4.69, 9.17) is 5.41 Å². The Labute approximate surface area is 109 Å². The third kappa shape index (κ3) is 3.07. The number of nitrogens with one attached hydrogen (secondary N) is 1. The highest BCUT2D eigenvalue weighted by Crippen LogP contribution is 2.27. The third-order valence-corrected chi connectivity index (χ3v) is 3.06. The van der Waals surface area contributed by atoms with E-state index in [2.05, 4.69) is 24.3 Å². The molecule has 0 aliphatic carbocycles. The Morgan fingerprint density at radius 1 is 0.833 bits per heavy atom. The van der Waals surface area contributed by atoms with E-state index < -0.39 is 0 Å². The lowest BCUT2D eigenvalue weighted by atomic mass is 9.86. The second kappa shape index (κ2) is 6.15. The summed E-state index contributed by atoms with van der Waals surface area (Å²) >= 11 is 0. The molecule has 0 fully saturated rings. The van der Waals surface area contributed by atoms with Gasteiger partial charge in [0.25, 0.3) is 0 Å². The van der Waals surface area contributed by atoms with Crippen molar-refractivity contribution in [3.63, 3.8) is 0 Å².